The average molecular weight is 153 g/mol. The van der Waals surface area contributed by atoms with Crippen molar-refractivity contribution in [1.29, 1.82) is 0 Å². The molecule has 0 saturated heterocycles. The summed E-state index contributed by atoms with van der Waals surface area (Å²) in [5.74, 6) is 0. The van der Waals surface area contributed by atoms with Crippen molar-refractivity contribution in [3.8, 4) is 0 Å². The number of hydrogen-bond donors (Lipinski definition) is 0. The van der Waals surface area contributed by atoms with Crippen LogP contribution < -0.4 is 0 Å². The number of likely N-dealkylation sites (N-methyl/N-ethyl adjacent to an activating group) is 1. The normalized spacial score (nSPS) is 13.4. The second-order valence-electron chi connectivity index (χ2n) is 3.02. The van der Waals surface area contributed by atoms with E-state index in [2.05, 4.69) is 51.1 Å². The first-order valence-electron chi connectivity index (χ1n) is 4.14. The van der Waals surface area contributed by atoms with Crippen LogP contribution in [0, 0.1) is 0 Å². The Balaban J connectivity index is 3.71. The lowest BCUT2D eigenvalue weighted by molar-refractivity contribution is 0.456. The molecule has 0 heterocycles. The van der Waals surface area contributed by atoms with Gasteiger partial charge in [0, 0.05) is 6.54 Å². The molecule has 1 nitrogen and oxygen atoms in total. The predicted octanol–water partition coefficient (Wildman–Crippen LogP) is 2.46. The minimum absolute atomic E-state index is 1.03. The monoisotopic (exact) mass is 153 g/mol. The van der Waals surface area contributed by atoms with Crippen LogP contribution in [0.5, 0.6) is 0 Å². The Bertz CT molecular complexity index is 143. The number of hydrogen-bond acceptors (Lipinski definition) is 1. The van der Waals surface area contributed by atoms with Crippen LogP contribution in [0.3, 0.4) is 0 Å². The van der Waals surface area contributed by atoms with Crippen LogP contribution in [-0.2, 0) is 0 Å². The summed E-state index contributed by atoms with van der Waals surface area (Å²) in [5, 5.41) is 0. The Kier molecular flexibility index (Phi) is 5.86. The summed E-state index contributed by atoms with van der Waals surface area (Å²) in [5.41, 5.74) is 1.35. The molecule has 64 valence electrons. The molecule has 0 spiro atoms. The molecule has 0 amide bonds. The topological polar surface area (TPSA) is 3.24 Å². The van der Waals surface area contributed by atoms with Crippen molar-refractivity contribution in [2.75, 3.05) is 20.6 Å². The van der Waals surface area contributed by atoms with Crippen LogP contribution in [0.15, 0.2) is 23.8 Å². The van der Waals surface area contributed by atoms with E-state index in [1.54, 1.807) is 0 Å². The van der Waals surface area contributed by atoms with E-state index >= 15 is 0 Å². The maximum Gasteiger partial charge on any atom is 0.0162 e. The Morgan fingerprint density at radius 1 is 1.36 bits per heavy atom. The third kappa shape index (κ3) is 7.34. The summed E-state index contributed by atoms with van der Waals surface area (Å²) in [6, 6.07) is 0. The maximum atomic E-state index is 2.23. The molecule has 0 aliphatic heterocycles. The molecule has 0 aliphatic carbocycles. The molecular weight excluding hydrogens is 134 g/mol. The van der Waals surface area contributed by atoms with Crippen LogP contribution >= 0.6 is 0 Å². The fraction of sp³-hybridized carbons (Fsp3) is 0.600. The fourth-order valence-electron chi connectivity index (χ4n) is 0.698. The van der Waals surface area contributed by atoms with Gasteiger partial charge in [0.1, 0.15) is 0 Å². The molecule has 0 rings (SSSR count). The van der Waals surface area contributed by atoms with Gasteiger partial charge in [-0.1, -0.05) is 30.7 Å². The zero-order chi connectivity index (χ0) is 8.69. The van der Waals surface area contributed by atoms with E-state index in [1.807, 2.05) is 0 Å². The highest BCUT2D eigenvalue weighted by atomic mass is 15.0. The number of allylic oxidation sites excluding steroid dienone is 3. The SMILES string of the molecule is CC/C=C/C(C)=C/CN(C)C. The molecule has 0 aromatic carbocycles. The molecule has 0 N–H and O–H groups in total. The molecule has 0 atom stereocenters. The molecule has 11 heavy (non-hydrogen) atoms. The van der Waals surface area contributed by atoms with Gasteiger partial charge in [-0.2, -0.15) is 0 Å². The summed E-state index contributed by atoms with van der Waals surface area (Å²) in [4.78, 5) is 2.16. The molecule has 0 fully saturated rings. The van der Waals surface area contributed by atoms with Gasteiger partial charge in [-0.25, -0.2) is 0 Å². The zero-order valence-corrected chi connectivity index (χ0v) is 8.09. The van der Waals surface area contributed by atoms with Crippen molar-refractivity contribution in [2.45, 2.75) is 20.3 Å². The van der Waals surface area contributed by atoms with Crippen molar-refractivity contribution >= 4 is 0 Å². The Morgan fingerprint density at radius 2 is 2.00 bits per heavy atom. The minimum atomic E-state index is 1.03. The molecule has 0 unspecified atom stereocenters. The van der Waals surface area contributed by atoms with Gasteiger partial charge >= 0.3 is 0 Å². The standard InChI is InChI=1S/C10H19N/c1-5-6-7-10(2)8-9-11(3)4/h6-8H,5,9H2,1-4H3/b7-6+,10-8+. The summed E-state index contributed by atoms with van der Waals surface area (Å²) in [6.45, 7) is 5.31. The molecular formula is C10H19N. The molecule has 0 bridgehead atoms. The third-order valence-corrected chi connectivity index (χ3v) is 1.39. The van der Waals surface area contributed by atoms with E-state index in [0.717, 1.165) is 13.0 Å². The van der Waals surface area contributed by atoms with Gasteiger partial charge in [0.25, 0.3) is 0 Å². The number of nitrogens with zero attached hydrogens (tertiary/aromatic N) is 1. The van der Waals surface area contributed by atoms with Crippen LogP contribution in [0.1, 0.15) is 20.3 Å². The van der Waals surface area contributed by atoms with E-state index in [-0.39, 0.29) is 0 Å². The van der Waals surface area contributed by atoms with Crippen LogP contribution in [0.4, 0.5) is 0 Å². The van der Waals surface area contributed by atoms with Crippen LogP contribution in [-0.4, -0.2) is 25.5 Å². The molecule has 0 aromatic heterocycles. The van der Waals surface area contributed by atoms with E-state index in [0.29, 0.717) is 0 Å². The molecule has 1 heteroatoms. The lowest BCUT2D eigenvalue weighted by atomic mass is 10.2. The lowest BCUT2D eigenvalue weighted by Crippen LogP contribution is -2.10. The first-order valence-corrected chi connectivity index (χ1v) is 4.14. The quantitative estimate of drug-likeness (QED) is 0.561. The average Bonchev–Trinajstić information content (AvgIpc) is 1.97. The van der Waals surface area contributed by atoms with Gasteiger partial charge in [0.2, 0.25) is 0 Å². The predicted molar refractivity (Wildman–Crippen MR) is 51.7 cm³/mol. The summed E-state index contributed by atoms with van der Waals surface area (Å²) in [6.07, 6.45) is 7.70. The van der Waals surface area contributed by atoms with Crippen molar-refractivity contribution < 1.29 is 0 Å². The molecule has 0 aliphatic rings. The molecule has 0 aromatic rings. The van der Waals surface area contributed by atoms with E-state index < -0.39 is 0 Å². The lowest BCUT2D eigenvalue weighted by Gasteiger charge is -2.04. The minimum Gasteiger partial charge on any atom is -0.306 e. The van der Waals surface area contributed by atoms with Gasteiger partial charge in [0.15, 0.2) is 0 Å². The number of rotatable bonds is 4. The zero-order valence-electron chi connectivity index (χ0n) is 8.09. The highest BCUT2D eigenvalue weighted by molar-refractivity contribution is 5.15. The smallest absolute Gasteiger partial charge is 0.0162 e. The van der Waals surface area contributed by atoms with Gasteiger partial charge in [0.05, 0.1) is 0 Å². The van der Waals surface area contributed by atoms with Crippen LogP contribution in [0.25, 0.3) is 0 Å². The van der Waals surface area contributed by atoms with Crippen molar-refractivity contribution in [1.82, 2.24) is 4.90 Å². The van der Waals surface area contributed by atoms with Crippen molar-refractivity contribution in [3.05, 3.63) is 23.8 Å². The fourth-order valence-corrected chi connectivity index (χ4v) is 0.698. The molecule has 0 saturated carbocycles. The Labute approximate surface area is 70.4 Å². The van der Waals surface area contributed by atoms with Gasteiger partial charge < -0.3 is 4.90 Å². The summed E-state index contributed by atoms with van der Waals surface area (Å²) >= 11 is 0. The Morgan fingerprint density at radius 3 is 2.45 bits per heavy atom. The van der Waals surface area contributed by atoms with Crippen LogP contribution in [0.2, 0.25) is 0 Å². The van der Waals surface area contributed by atoms with E-state index in [9.17, 15) is 0 Å². The summed E-state index contributed by atoms with van der Waals surface area (Å²) in [7, 11) is 4.15. The molecule has 0 radical (unpaired) electrons. The van der Waals surface area contributed by atoms with Gasteiger partial charge in [-0.3, -0.25) is 0 Å². The first-order chi connectivity index (χ1) is 5.16. The van der Waals surface area contributed by atoms with Gasteiger partial charge in [-0.05, 0) is 27.4 Å². The first kappa shape index (κ1) is 10.4. The van der Waals surface area contributed by atoms with E-state index in [1.165, 1.54) is 5.57 Å². The van der Waals surface area contributed by atoms with Gasteiger partial charge in [-0.15, -0.1) is 0 Å². The third-order valence-electron chi connectivity index (χ3n) is 1.39. The Hall–Kier alpha value is -0.560. The van der Waals surface area contributed by atoms with Crippen molar-refractivity contribution in [3.63, 3.8) is 0 Å². The second-order valence-corrected chi connectivity index (χ2v) is 3.02. The highest BCUT2D eigenvalue weighted by Gasteiger charge is 1.84. The highest BCUT2D eigenvalue weighted by Crippen LogP contribution is 1.95. The maximum absolute atomic E-state index is 2.23. The second kappa shape index (κ2) is 6.17. The van der Waals surface area contributed by atoms with Crippen molar-refractivity contribution in [2.24, 2.45) is 0 Å². The largest absolute Gasteiger partial charge is 0.306 e. The summed E-state index contributed by atoms with van der Waals surface area (Å²) < 4.78 is 0. The van der Waals surface area contributed by atoms with E-state index in [4.69, 9.17) is 0 Å².